The van der Waals surface area contributed by atoms with Crippen molar-refractivity contribution in [2.75, 3.05) is 44.4 Å². The van der Waals surface area contributed by atoms with Crippen LogP contribution in [-0.4, -0.2) is 52.0 Å². The van der Waals surface area contributed by atoms with E-state index in [1.165, 1.54) is 11.8 Å². The molecule has 0 bridgehead atoms. The molecule has 5 nitrogen and oxygen atoms in total. The molecule has 0 heterocycles. The molecule has 7 heteroatoms. The smallest absolute Gasteiger partial charge is 0.212 e. The molecule has 0 aliphatic heterocycles. The molecule has 0 spiro atoms. The van der Waals surface area contributed by atoms with E-state index in [0.717, 1.165) is 24.3 Å². The van der Waals surface area contributed by atoms with E-state index in [1.54, 1.807) is 0 Å². The highest BCUT2D eigenvalue weighted by molar-refractivity contribution is 8.00. The number of nitrogens with zero attached hydrogens (tertiary/aromatic N) is 1. The third kappa shape index (κ3) is 8.31. The number of benzene rings is 1. The first-order valence-corrected chi connectivity index (χ1v) is 9.64. The number of hydrogen-bond acceptors (Lipinski definition) is 5. The van der Waals surface area contributed by atoms with E-state index in [9.17, 15) is 8.42 Å². The lowest BCUT2D eigenvalue weighted by Crippen LogP contribution is -2.28. The fourth-order valence-corrected chi connectivity index (χ4v) is 4.17. The summed E-state index contributed by atoms with van der Waals surface area (Å²) in [5, 5.41) is 0. The van der Waals surface area contributed by atoms with Crippen LogP contribution in [0.2, 0.25) is 0 Å². The van der Waals surface area contributed by atoms with Crippen molar-refractivity contribution < 1.29 is 8.42 Å². The molecule has 0 fully saturated rings. The van der Waals surface area contributed by atoms with Gasteiger partial charge in [-0.05, 0) is 45.6 Å². The summed E-state index contributed by atoms with van der Waals surface area (Å²) in [5.41, 5.74) is 6.51. The van der Waals surface area contributed by atoms with Crippen LogP contribution >= 0.6 is 11.8 Å². The number of nitrogens with two attached hydrogens (primary N) is 1. The third-order valence-electron chi connectivity index (χ3n) is 2.88. The van der Waals surface area contributed by atoms with E-state index in [4.69, 9.17) is 5.73 Å². The normalized spacial score (nSPS) is 12.0. The Bertz CT molecular complexity index is 519. The van der Waals surface area contributed by atoms with Gasteiger partial charge in [0.1, 0.15) is 0 Å². The molecule has 0 aliphatic rings. The standard InChI is InChI=1S/C14H25N3O2S2/c1-17(2)10-6-5-9-16-21(18,19)12-11-20-14-8-4-3-7-13(14)15/h3-4,7-8,16H,5-6,9-12,15H2,1-2H3. The van der Waals surface area contributed by atoms with Crippen molar-refractivity contribution in [3.8, 4) is 0 Å². The molecule has 0 amide bonds. The Labute approximate surface area is 132 Å². The van der Waals surface area contributed by atoms with Crippen LogP contribution in [0.4, 0.5) is 5.69 Å². The fraction of sp³-hybridized carbons (Fsp3) is 0.571. The number of nitrogens with one attached hydrogen (secondary N) is 1. The topological polar surface area (TPSA) is 75.4 Å². The van der Waals surface area contributed by atoms with Crippen molar-refractivity contribution in [2.24, 2.45) is 0 Å². The number of hydrogen-bond donors (Lipinski definition) is 2. The number of sulfonamides is 1. The van der Waals surface area contributed by atoms with Gasteiger partial charge in [-0.25, -0.2) is 13.1 Å². The second-order valence-corrected chi connectivity index (χ2v) is 8.17. The Morgan fingerprint density at radius 2 is 1.95 bits per heavy atom. The van der Waals surface area contributed by atoms with Gasteiger partial charge < -0.3 is 10.6 Å². The van der Waals surface area contributed by atoms with Crippen LogP contribution in [0.5, 0.6) is 0 Å². The van der Waals surface area contributed by atoms with E-state index in [1.807, 2.05) is 38.4 Å². The van der Waals surface area contributed by atoms with Crippen molar-refractivity contribution in [2.45, 2.75) is 17.7 Å². The lowest BCUT2D eigenvalue weighted by molar-refractivity contribution is 0.394. The van der Waals surface area contributed by atoms with Gasteiger partial charge in [-0.3, -0.25) is 0 Å². The van der Waals surface area contributed by atoms with Crippen molar-refractivity contribution in [3.63, 3.8) is 0 Å². The highest BCUT2D eigenvalue weighted by Crippen LogP contribution is 2.24. The van der Waals surface area contributed by atoms with Gasteiger partial charge in [0, 0.05) is 22.9 Å². The van der Waals surface area contributed by atoms with Crippen LogP contribution in [0.3, 0.4) is 0 Å². The summed E-state index contributed by atoms with van der Waals surface area (Å²) in [7, 11) is 0.831. The number of para-hydroxylation sites is 1. The molecule has 1 aromatic rings. The van der Waals surface area contributed by atoms with Gasteiger partial charge in [-0.15, -0.1) is 11.8 Å². The molecule has 21 heavy (non-hydrogen) atoms. The second-order valence-electron chi connectivity index (χ2n) is 5.11. The average molecular weight is 332 g/mol. The highest BCUT2D eigenvalue weighted by Gasteiger charge is 2.10. The van der Waals surface area contributed by atoms with E-state index in [0.29, 0.717) is 18.0 Å². The Hall–Kier alpha value is -0.760. The third-order valence-corrected chi connectivity index (χ3v) is 5.62. The van der Waals surface area contributed by atoms with E-state index in [-0.39, 0.29) is 5.75 Å². The van der Waals surface area contributed by atoms with Gasteiger partial charge in [0.25, 0.3) is 0 Å². The molecule has 0 saturated heterocycles. The Balaban J connectivity index is 2.22. The summed E-state index contributed by atoms with van der Waals surface area (Å²) in [5.74, 6) is 0.612. The summed E-state index contributed by atoms with van der Waals surface area (Å²) in [6.45, 7) is 1.49. The number of nitrogen functional groups attached to an aromatic ring is 1. The molecule has 1 aromatic carbocycles. The van der Waals surface area contributed by atoms with Crippen molar-refractivity contribution in [1.82, 2.24) is 9.62 Å². The van der Waals surface area contributed by atoms with E-state index >= 15 is 0 Å². The van der Waals surface area contributed by atoms with E-state index < -0.39 is 10.0 Å². The van der Waals surface area contributed by atoms with Gasteiger partial charge in [0.05, 0.1) is 5.75 Å². The summed E-state index contributed by atoms with van der Waals surface area (Å²) in [6, 6.07) is 7.49. The summed E-state index contributed by atoms with van der Waals surface area (Å²) >= 11 is 1.47. The first kappa shape index (κ1) is 18.3. The molecule has 0 aliphatic carbocycles. The minimum absolute atomic E-state index is 0.111. The van der Waals surface area contributed by atoms with Gasteiger partial charge in [0.2, 0.25) is 10.0 Å². The molecular weight excluding hydrogens is 306 g/mol. The maximum atomic E-state index is 11.8. The minimum Gasteiger partial charge on any atom is -0.398 e. The SMILES string of the molecule is CN(C)CCCCNS(=O)(=O)CCSc1ccccc1N. The predicted molar refractivity (Wildman–Crippen MR) is 91.2 cm³/mol. The molecular formula is C14H25N3O2S2. The Morgan fingerprint density at radius 1 is 1.24 bits per heavy atom. The van der Waals surface area contributed by atoms with Crippen LogP contribution in [-0.2, 0) is 10.0 Å². The monoisotopic (exact) mass is 331 g/mol. The zero-order chi connectivity index (χ0) is 15.7. The van der Waals surface area contributed by atoms with Crippen molar-refractivity contribution in [3.05, 3.63) is 24.3 Å². The maximum absolute atomic E-state index is 11.8. The van der Waals surface area contributed by atoms with Crippen LogP contribution < -0.4 is 10.5 Å². The van der Waals surface area contributed by atoms with Crippen LogP contribution in [0.15, 0.2) is 29.2 Å². The number of unbranched alkanes of at least 4 members (excludes halogenated alkanes) is 1. The molecule has 0 unspecified atom stereocenters. The van der Waals surface area contributed by atoms with Gasteiger partial charge in [-0.1, -0.05) is 12.1 Å². The largest absolute Gasteiger partial charge is 0.398 e. The molecule has 1 rings (SSSR count). The maximum Gasteiger partial charge on any atom is 0.212 e. The molecule has 120 valence electrons. The quantitative estimate of drug-likeness (QED) is 0.387. The minimum atomic E-state index is -3.19. The molecule has 3 N–H and O–H groups in total. The van der Waals surface area contributed by atoms with Crippen molar-refractivity contribution >= 4 is 27.5 Å². The first-order valence-electron chi connectivity index (χ1n) is 7.00. The zero-order valence-electron chi connectivity index (χ0n) is 12.7. The van der Waals surface area contributed by atoms with Gasteiger partial charge in [0.15, 0.2) is 0 Å². The lowest BCUT2D eigenvalue weighted by atomic mass is 10.3. The Morgan fingerprint density at radius 3 is 2.62 bits per heavy atom. The first-order chi connectivity index (χ1) is 9.91. The molecule has 0 atom stereocenters. The predicted octanol–water partition coefficient (Wildman–Crippen LogP) is 1.62. The number of anilines is 1. The molecule has 0 aromatic heterocycles. The highest BCUT2D eigenvalue weighted by atomic mass is 32.2. The zero-order valence-corrected chi connectivity index (χ0v) is 14.3. The average Bonchev–Trinajstić information content (AvgIpc) is 2.40. The summed E-state index contributed by atoms with van der Waals surface area (Å²) in [4.78, 5) is 3.02. The van der Waals surface area contributed by atoms with Crippen LogP contribution in [0.1, 0.15) is 12.8 Å². The van der Waals surface area contributed by atoms with Crippen LogP contribution in [0.25, 0.3) is 0 Å². The lowest BCUT2D eigenvalue weighted by Gasteiger charge is -2.10. The molecule has 0 radical (unpaired) electrons. The van der Waals surface area contributed by atoms with Gasteiger partial charge >= 0.3 is 0 Å². The van der Waals surface area contributed by atoms with Crippen LogP contribution in [0, 0.1) is 0 Å². The second kappa shape index (κ2) is 9.30. The van der Waals surface area contributed by atoms with Crippen molar-refractivity contribution in [1.29, 1.82) is 0 Å². The fourth-order valence-electron chi connectivity index (χ4n) is 1.73. The molecule has 0 saturated carbocycles. The number of thioether (sulfide) groups is 1. The number of rotatable bonds is 10. The van der Waals surface area contributed by atoms with Gasteiger partial charge in [-0.2, -0.15) is 0 Å². The summed E-state index contributed by atoms with van der Waals surface area (Å²) in [6.07, 6.45) is 1.85. The summed E-state index contributed by atoms with van der Waals surface area (Å²) < 4.78 is 26.3. The Kier molecular flexibility index (Phi) is 8.10. The van der Waals surface area contributed by atoms with E-state index in [2.05, 4.69) is 9.62 Å².